The van der Waals surface area contributed by atoms with E-state index < -0.39 is 0 Å². The van der Waals surface area contributed by atoms with Crippen molar-refractivity contribution >= 4 is 22.9 Å². The van der Waals surface area contributed by atoms with Gasteiger partial charge in [-0.05, 0) is 55.8 Å². The first-order chi connectivity index (χ1) is 16.4. The number of furan rings is 1. The van der Waals surface area contributed by atoms with E-state index in [-0.39, 0.29) is 23.7 Å². The summed E-state index contributed by atoms with van der Waals surface area (Å²) in [5.41, 5.74) is 3.93. The summed E-state index contributed by atoms with van der Waals surface area (Å²) < 4.78 is 20.9. The zero-order valence-electron chi connectivity index (χ0n) is 19.2. The summed E-state index contributed by atoms with van der Waals surface area (Å²) in [5.74, 6) is -0.612. The van der Waals surface area contributed by atoms with Crippen molar-refractivity contribution in [3.63, 3.8) is 0 Å². The minimum atomic E-state index is -0.376. The Bertz CT molecular complexity index is 1360. The van der Waals surface area contributed by atoms with Crippen molar-refractivity contribution in [2.45, 2.75) is 26.4 Å². The lowest BCUT2D eigenvalue weighted by molar-refractivity contribution is 0.0409. The monoisotopic (exact) mass is 459 g/mol. The van der Waals surface area contributed by atoms with Crippen LogP contribution in [0.5, 0.6) is 0 Å². The first-order valence-corrected chi connectivity index (χ1v) is 11.4. The molecule has 34 heavy (non-hydrogen) atoms. The number of hydrogen-bond acceptors (Lipinski definition) is 3. The van der Waals surface area contributed by atoms with Gasteiger partial charge in [0.2, 0.25) is 5.71 Å². The van der Waals surface area contributed by atoms with E-state index >= 15 is 0 Å². The molecule has 2 aromatic carbocycles. The summed E-state index contributed by atoms with van der Waals surface area (Å²) in [7, 11) is 0. The Labute approximate surface area is 197 Å². The summed E-state index contributed by atoms with van der Waals surface area (Å²) in [6.07, 6.45) is 1.63. The van der Waals surface area contributed by atoms with Gasteiger partial charge in [0.1, 0.15) is 11.5 Å². The molecular formula is C27H26FN3O3. The van der Waals surface area contributed by atoms with E-state index in [0.717, 1.165) is 16.5 Å². The second-order valence-electron chi connectivity index (χ2n) is 8.89. The van der Waals surface area contributed by atoms with Crippen LogP contribution in [-0.2, 0) is 6.54 Å². The lowest BCUT2D eigenvalue weighted by Gasteiger charge is -2.40. The van der Waals surface area contributed by atoms with E-state index in [0.29, 0.717) is 43.1 Å². The van der Waals surface area contributed by atoms with Crippen LogP contribution in [0.1, 0.15) is 38.9 Å². The maximum atomic E-state index is 13.6. The molecular weight excluding hydrogens is 433 g/mol. The highest BCUT2D eigenvalue weighted by molar-refractivity contribution is 5.98. The quantitative estimate of drug-likeness (QED) is 0.444. The first kappa shape index (κ1) is 21.9. The Morgan fingerprint density at radius 3 is 2.56 bits per heavy atom. The molecule has 1 atom stereocenters. The lowest BCUT2D eigenvalue weighted by atomic mass is 10.1. The summed E-state index contributed by atoms with van der Waals surface area (Å²) in [6.45, 7) is 5.76. The maximum absolute atomic E-state index is 13.6. The molecule has 2 aromatic heterocycles. The van der Waals surface area contributed by atoms with Crippen molar-refractivity contribution in [3.8, 4) is 0 Å². The van der Waals surface area contributed by atoms with Gasteiger partial charge in [-0.15, -0.1) is 0 Å². The number of hydrogen-bond donors (Lipinski definition) is 0. The van der Waals surface area contributed by atoms with Crippen molar-refractivity contribution in [2.24, 2.45) is 0 Å². The lowest BCUT2D eigenvalue weighted by Crippen LogP contribution is -2.55. The standard InChI is InChI=1S/C27H26FN3O3/c1-18-4-3-5-20(14-18)17-31-24(15-22-10-13-34-27(22)31)26(33)29-11-12-30(19(2)16-29)25(32)21-6-8-23(28)9-7-21/h3-10,13-15,19H,11-12,16-17H2,1-2H3/t19-/m1/s1. The number of amides is 2. The molecule has 0 spiro atoms. The largest absolute Gasteiger partial charge is 0.448 e. The van der Waals surface area contributed by atoms with Gasteiger partial charge >= 0.3 is 0 Å². The number of benzene rings is 2. The summed E-state index contributed by atoms with van der Waals surface area (Å²) in [5, 5.41) is 0.883. The predicted molar refractivity (Wildman–Crippen MR) is 127 cm³/mol. The number of aryl methyl sites for hydroxylation is 1. The number of rotatable bonds is 4. The van der Waals surface area contributed by atoms with Gasteiger partial charge in [-0.2, -0.15) is 0 Å². The second-order valence-corrected chi connectivity index (χ2v) is 8.89. The molecule has 2 amide bonds. The van der Waals surface area contributed by atoms with Crippen molar-refractivity contribution < 1.29 is 18.4 Å². The number of fused-ring (bicyclic) bond motifs is 1. The third kappa shape index (κ3) is 4.09. The Balaban J connectivity index is 1.36. The molecule has 5 rings (SSSR count). The fourth-order valence-corrected chi connectivity index (χ4v) is 4.67. The normalized spacial score (nSPS) is 16.3. The van der Waals surface area contributed by atoms with Gasteiger partial charge in [0.15, 0.2) is 0 Å². The first-order valence-electron chi connectivity index (χ1n) is 11.4. The number of halogens is 1. The van der Waals surface area contributed by atoms with E-state index in [4.69, 9.17) is 4.42 Å². The highest BCUT2D eigenvalue weighted by Crippen LogP contribution is 2.25. The van der Waals surface area contributed by atoms with E-state index in [9.17, 15) is 14.0 Å². The van der Waals surface area contributed by atoms with E-state index in [1.54, 1.807) is 16.1 Å². The Kier molecular flexibility index (Phi) is 5.69. The van der Waals surface area contributed by atoms with Crippen molar-refractivity contribution in [1.82, 2.24) is 14.4 Å². The second kappa shape index (κ2) is 8.82. The molecule has 0 radical (unpaired) electrons. The van der Waals surface area contributed by atoms with Crippen LogP contribution in [0, 0.1) is 12.7 Å². The van der Waals surface area contributed by atoms with Gasteiger partial charge in [0.25, 0.3) is 11.8 Å². The van der Waals surface area contributed by atoms with Gasteiger partial charge in [0, 0.05) is 36.6 Å². The highest BCUT2D eigenvalue weighted by Gasteiger charge is 2.32. The molecule has 0 unspecified atom stereocenters. The van der Waals surface area contributed by atoms with Crippen molar-refractivity contribution in [2.75, 3.05) is 19.6 Å². The van der Waals surface area contributed by atoms with E-state index in [1.807, 2.05) is 48.7 Å². The van der Waals surface area contributed by atoms with Crippen LogP contribution in [0.3, 0.4) is 0 Å². The summed E-state index contributed by atoms with van der Waals surface area (Å²) in [4.78, 5) is 30.0. The molecule has 174 valence electrons. The molecule has 1 aliphatic heterocycles. The van der Waals surface area contributed by atoms with Crippen LogP contribution in [0.25, 0.3) is 11.1 Å². The van der Waals surface area contributed by atoms with Crippen molar-refractivity contribution in [3.05, 3.63) is 95.1 Å². The molecule has 4 aromatic rings. The number of piperazine rings is 1. The zero-order valence-corrected chi connectivity index (χ0v) is 19.2. The zero-order chi connectivity index (χ0) is 23.8. The fraction of sp³-hybridized carbons (Fsp3) is 0.259. The van der Waals surface area contributed by atoms with Crippen LogP contribution in [0.4, 0.5) is 4.39 Å². The summed E-state index contributed by atoms with van der Waals surface area (Å²) >= 11 is 0. The molecule has 0 N–H and O–H groups in total. The third-order valence-electron chi connectivity index (χ3n) is 6.41. The van der Waals surface area contributed by atoms with Crippen molar-refractivity contribution in [1.29, 1.82) is 0 Å². The Morgan fingerprint density at radius 1 is 1.03 bits per heavy atom. The molecule has 0 aliphatic carbocycles. The molecule has 0 saturated carbocycles. The van der Waals surface area contributed by atoms with Crippen LogP contribution >= 0.6 is 0 Å². The number of aromatic nitrogens is 1. The third-order valence-corrected chi connectivity index (χ3v) is 6.41. The average molecular weight is 460 g/mol. The van der Waals surface area contributed by atoms with Crippen LogP contribution < -0.4 is 0 Å². The predicted octanol–water partition coefficient (Wildman–Crippen LogP) is 4.72. The van der Waals surface area contributed by atoms with E-state index in [1.165, 1.54) is 24.3 Å². The van der Waals surface area contributed by atoms with Crippen LogP contribution in [0.2, 0.25) is 0 Å². The van der Waals surface area contributed by atoms with Gasteiger partial charge in [-0.3, -0.25) is 9.59 Å². The topological polar surface area (TPSA) is 58.7 Å². The number of carbonyl (C=O) groups is 2. The number of carbonyl (C=O) groups excluding carboxylic acids is 2. The SMILES string of the molecule is Cc1cccc(Cn2c(C(=O)N3CCN(C(=O)c4ccc(F)cc4)[C@H](C)C3)cc3ccoc32)c1. The molecule has 6 nitrogen and oxygen atoms in total. The van der Waals surface area contributed by atoms with Gasteiger partial charge in [-0.1, -0.05) is 29.8 Å². The molecule has 0 bridgehead atoms. The smallest absolute Gasteiger partial charge is 0.270 e. The maximum Gasteiger partial charge on any atom is 0.270 e. The molecule has 7 heteroatoms. The Morgan fingerprint density at radius 2 is 1.82 bits per heavy atom. The van der Waals surface area contributed by atoms with Crippen LogP contribution in [-0.4, -0.2) is 51.9 Å². The van der Waals surface area contributed by atoms with Crippen LogP contribution in [0.15, 0.2) is 71.3 Å². The fourth-order valence-electron chi connectivity index (χ4n) is 4.67. The minimum Gasteiger partial charge on any atom is -0.448 e. The molecule has 1 fully saturated rings. The average Bonchev–Trinajstić information content (AvgIpc) is 3.41. The number of nitrogens with zero attached hydrogens (tertiary/aromatic N) is 3. The molecule has 1 saturated heterocycles. The van der Waals surface area contributed by atoms with Gasteiger partial charge in [-0.25, -0.2) is 4.39 Å². The molecule has 1 aliphatic rings. The highest BCUT2D eigenvalue weighted by atomic mass is 19.1. The summed E-state index contributed by atoms with van der Waals surface area (Å²) in [6, 6.07) is 17.3. The van der Waals surface area contributed by atoms with Gasteiger partial charge < -0.3 is 18.8 Å². The Hall–Kier alpha value is -3.87. The van der Waals surface area contributed by atoms with E-state index in [2.05, 4.69) is 6.07 Å². The van der Waals surface area contributed by atoms with Gasteiger partial charge in [0.05, 0.1) is 12.8 Å². The molecule has 3 heterocycles. The minimum absolute atomic E-state index is 0.0835.